The number of amides is 1. The van der Waals surface area contributed by atoms with Crippen LogP contribution in [0.5, 0.6) is 5.75 Å². The van der Waals surface area contributed by atoms with Gasteiger partial charge < -0.3 is 15.4 Å². The van der Waals surface area contributed by atoms with Crippen LogP contribution in [0.2, 0.25) is 0 Å². The monoisotopic (exact) mass is 345 g/mol. The fraction of sp³-hybridized carbons (Fsp3) is 0.0526. The summed E-state index contributed by atoms with van der Waals surface area (Å²) in [4.78, 5) is 20.6. The second-order valence-corrected chi connectivity index (χ2v) is 5.22. The first-order valence-electron chi connectivity index (χ1n) is 7.74. The Morgan fingerprint density at radius 1 is 1.04 bits per heavy atom. The van der Waals surface area contributed by atoms with Gasteiger partial charge in [0, 0.05) is 0 Å². The van der Waals surface area contributed by atoms with Gasteiger partial charge in [-0.1, -0.05) is 24.3 Å². The smallest absolute Gasteiger partial charge is 0.275 e. The topological polar surface area (TPSA) is 99.9 Å². The lowest BCUT2D eigenvalue weighted by Gasteiger charge is -2.10. The van der Waals surface area contributed by atoms with Gasteiger partial charge in [-0.05, 0) is 24.3 Å². The van der Waals surface area contributed by atoms with Crippen LogP contribution in [0.3, 0.4) is 0 Å². The molecule has 0 aliphatic heterocycles. The van der Waals surface area contributed by atoms with Gasteiger partial charge in [-0.25, -0.2) is 9.97 Å². The number of hydrogen-bond donors (Lipinski definition) is 2. The number of nitriles is 1. The Bertz CT molecular complexity index is 964. The highest BCUT2D eigenvalue weighted by Crippen LogP contribution is 2.25. The van der Waals surface area contributed by atoms with Crippen molar-refractivity contribution in [2.75, 3.05) is 17.7 Å². The molecule has 7 nitrogen and oxygen atoms in total. The van der Waals surface area contributed by atoms with Gasteiger partial charge in [0.05, 0.1) is 36.4 Å². The van der Waals surface area contributed by atoms with E-state index >= 15 is 0 Å². The van der Waals surface area contributed by atoms with E-state index in [9.17, 15) is 4.79 Å². The summed E-state index contributed by atoms with van der Waals surface area (Å²) in [6.07, 6.45) is 2.82. The van der Waals surface area contributed by atoms with Crippen LogP contribution in [0, 0.1) is 11.3 Å². The highest BCUT2D eigenvalue weighted by molar-refractivity contribution is 6.03. The van der Waals surface area contributed by atoms with Gasteiger partial charge in [-0.15, -0.1) is 0 Å². The maximum Gasteiger partial charge on any atom is 0.275 e. The first kappa shape index (κ1) is 16.9. The molecule has 1 heterocycles. The SMILES string of the molecule is COc1ccccc1Nc1cnc(C(=O)Nc2ccccc2C#N)cn1. The normalized spacial score (nSPS) is 9.85. The number of nitrogens with one attached hydrogen (secondary N) is 2. The number of hydrogen-bond acceptors (Lipinski definition) is 6. The molecule has 0 unspecified atom stereocenters. The molecule has 2 N–H and O–H groups in total. The molecular formula is C19H15N5O2. The Labute approximate surface area is 150 Å². The van der Waals surface area contributed by atoms with E-state index < -0.39 is 5.91 Å². The fourth-order valence-electron chi connectivity index (χ4n) is 2.27. The molecule has 0 fully saturated rings. The largest absolute Gasteiger partial charge is 0.495 e. The van der Waals surface area contributed by atoms with E-state index in [1.165, 1.54) is 12.4 Å². The van der Waals surface area contributed by atoms with E-state index in [1.54, 1.807) is 31.4 Å². The third-order valence-electron chi connectivity index (χ3n) is 3.55. The van der Waals surface area contributed by atoms with Gasteiger partial charge in [0.15, 0.2) is 0 Å². The van der Waals surface area contributed by atoms with E-state index in [0.717, 1.165) is 5.69 Å². The predicted molar refractivity (Wildman–Crippen MR) is 97.4 cm³/mol. The van der Waals surface area contributed by atoms with Crippen LogP contribution >= 0.6 is 0 Å². The van der Waals surface area contributed by atoms with Crippen molar-refractivity contribution in [2.24, 2.45) is 0 Å². The van der Waals surface area contributed by atoms with Crippen molar-refractivity contribution in [3.05, 3.63) is 72.2 Å². The molecule has 2 aromatic carbocycles. The summed E-state index contributed by atoms with van der Waals surface area (Å²) in [7, 11) is 1.58. The number of benzene rings is 2. The molecule has 3 aromatic rings. The van der Waals surface area contributed by atoms with Crippen LogP contribution in [0.25, 0.3) is 0 Å². The van der Waals surface area contributed by atoms with Crippen molar-refractivity contribution in [2.45, 2.75) is 0 Å². The van der Waals surface area contributed by atoms with Crippen LogP contribution in [-0.2, 0) is 0 Å². The van der Waals surface area contributed by atoms with Gasteiger partial charge >= 0.3 is 0 Å². The zero-order valence-electron chi connectivity index (χ0n) is 13.9. The standard InChI is InChI=1S/C19H15N5O2/c1-26-17-9-5-4-8-15(17)23-18-12-21-16(11-22-18)19(25)24-14-7-3-2-6-13(14)10-20/h2-9,11-12H,1H3,(H,22,23)(H,24,25). The molecule has 0 aliphatic rings. The third-order valence-corrected chi connectivity index (χ3v) is 3.55. The fourth-order valence-corrected chi connectivity index (χ4v) is 2.27. The number of ether oxygens (including phenoxy) is 1. The Morgan fingerprint density at radius 3 is 2.46 bits per heavy atom. The molecule has 0 bridgehead atoms. The first-order chi connectivity index (χ1) is 12.7. The van der Waals surface area contributed by atoms with Gasteiger partial charge in [-0.3, -0.25) is 4.79 Å². The van der Waals surface area contributed by atoms with Crippen molar-refractivity contribution in [1.29, 1.82) is 5.26 Å². The number of rotatable bonds is 5. The summed E-state index contributed by atoms with van der Waals surface area (Å²) >= 11 is 0. The van der Waals surface area contributed by atoms with Crippen LogP contribution in [-0.4, -0.2) is 23.0 Å². The quantitative estimate of drug-likeness (QED) is 0.735. The van der Waals surface area contributed by atoms with E-state index in [-0.39, 0.29) is 5.69 Å². The number of carbonyl (C=O) groups excluding carboxylic acids is 1. The van der Waals surface area contributed by atoms with Crippen LogP contribution < -0.4 is 15.4 Å². The molecule has 0 radical (unpaired) electrons. The number of carbonyl (C=O) groups is 1. The number of anilines is 3. The molecule has 0 atom stereocenters. The molecule has 1 amide bonds. The molecule has 128 valence electrons. The second kappa shape index (κ2) is 7.77. The minimum absolute atomic E-state index is 0.142. The average Bonchev–Trinajstić information content (AvgIpc) is 2.69. The second-order valence-electron chi connectivity index (χ2n) is 5.22. The molecule has 0 saturated heterocycles. The number of methoxy groups -OCH3 is 1. The Kier molecular flexibility index (Phi) is 5.05. The van der Waals surface area contributed by atoms with E-state index in [0.29, 0.717) is 22.8 Å². The Morgan fingerprint density at radius 2 is 1.77 bits per heavy atom. The molecular weight excluding hydrogens is 330 g/mol. The average molecular weight is 345 g/mol. The zero-order valence-corrected chi connectivity index (χ0v) is 13.9. The molecule has 0 spiro atoms. The minimum Gasteiger partial charge on any atom is -0.495 e. The Hall–Kier alpha value is -3.92. The van der Waals surface area contributed by atoms with Gasteiger partial charge in [-0.2, -0.15) is 5.26 Å². The molecule has 0 aliphatic carbocycles. The van der Waals surface area contributed by atoms with Crippen molar-refractivity contribution in [1.82, 2.24) is 9.97 Å². The van der Waals surface area contributed by atoms with Crippen molar-refractivity contribution in [3.63, 3.8) is 0 Å². The lowest BCUT2D eigenvalue weighted by atomic mass is 10.2. The summed E-state index contributed by atoms with van der Waals surface area (Å²) in [5.41, 5.74) is 1.69. The van der Waals surface area contributed by atoms with Gasteiger partial charge in [0.25, 0.3) is 5.91 Å². The number of para-hydroxylation sites is 3. The molecule has 1 aromatic heterocycles. The number of nitrogens with zero attached hydrogens (tertiary/aromatic N) is 3. The Balaban J connectivity index is 1.73. The highest BCUT2D eigenvalue weighted by Gasteiger charge is 2.11. The van der Waals surface area contributed by atoms with Crippen molar-refractivity contribution in [3.8, 4) is 11.8 Å². The van der Waals surface area contributed by atoms with E-state index in [1.807, 2.05) is 30.3 Å². The van der Waals surface area contributed by atoms with E-state index in [2.05, 4.69) is 20.6 Å². The lowest BCUT2D eigenvalue weighted by molar-refractivity contribution is 0.102. The van der Waals surface area contributed by atoms with Crippen molar-refractivity contribution < 1.29 is 9.53 Å². The zero-order chi connectivity index (χ0) is 18.4. The maximum atomic E-state index is 12.3. The minimum atomic E-state index is -0.441. The highest BCUT2D eigenvalue weighted by atomic mass is 16.5. The lowest BCUT2D eigenvalue weighted by Crippen LogP contribution is -2.15. The van der Waals surface area contributed by atoms with Crippen molar-refractivity contribution >= 4 is 23.1 Å². The molecule has 3 rings (SSSR count). The summed E-state index contributed by atoms with van der Waals surface area (Å²) in [5.74, 6) is 0.705. The van der Waals surface area contributed by atoms with Crippen LogP contribution in [0.15, 0.2) is 60.9 Å². The van der Waals surface area contributed by atoms with Gasteiger partial charge in [0.1, 0.15) is 23.3 Å². The third kappa shape index (κ3) is 3.76. The first-order valence-corrected chi connectivity index (χ1v) is 7.74. The van der Waals surface area contributed by atoms with Gasteiger partial charge in [0.2, 0.25) is 0 Å². The molecule has 0 saturated carbocycles. The summed E-state index contributed by atoms with van der Waals surface area (Å²) < 4.78 is 5.27. The summed E-state index contributed by atoms with van der Waals surface area (Å²) in [5, 5.41) is 14.8. The maximum absolute atomic E-state index is 12.3. The van der Waals surface area contributed by atoms with Crippen LogP contribution in [0.1, 0.15) is 16.1 Å². The molecule has 26 heavy (non-hydrogen) atoms. The predicted octanol–water partition coefficient (Wildman–Crippen LogP) is 3.35. The van der Waals surface area contributed by atoms with Crippen LogP contribution in [0.4, 0.5) is 17.2 Å². The summed E-state index contributed by atoms with van der Waals surface area (Å²) in [6, 6.07) is 16.2. The van der Waals surface area contributed by atoms with E-state index in [4.69, 9.17) is 10.00 Å². The molecule has 7 heteroatoms. The summed E-state index contributed by atoms with van der Waals surface area (Å²) in [6.45, 7) is 0. The number of aromatic nitrogens is 2.